The van der Waals surface area contributed by atoms with Crippen LogP contribution in [-0.2, 0) is 12.6 Å². The van der Waals surface area contributed by atoms with Crippen molar-refractivity contribution >= 4 is 11.3 Å². The normalized spacial score (nSPS) is 13.4. The van der Waals surface area contributed by atoms with Gasteiger partial charge < -0.3 is 5.73 Å². The van der Waals surface area contributed by atoms with Gasteiger partial charge in [0.05, 0.1) is 5.56 Å². The Hall–Kier alpha value is -1.40. The fraction of sp³-hybridized carbons (Fsp3) is 0.286. The van der Waals surface area contributed by atoms with E-state index in [2.05, 4.69) is 0 Å². The Morgan fingerprint density at radius 2 is 1.90 bits per heavy atom. The molecular formula is C14H13F4NS. The van der Waals surface area contributed by atoms with Crippen LogP contribution in [0.3, 0.4) is 0 Å². The van der Waals surface area contributed by atoms with Gasteiger partial charge in [-0.25, -0.2) is 4.39 Å². The van der Waals surface area contributed by atoms with Crippen LogP contribution in [0.15, 0.2) is 35.7 Å². The first kappa shape index (κ1) is 15.0. The van der Waals surface area contributed by atoms with Crippen LogP contribution in [0.25, 0.3) is 0 Å². The van der Waals surface area contributed by atoms with Crippen molar-refractivity contribution in [2.45, 2.75) is 25.1 Å². The number of aryl methyl sites for hydroxylation is 1. The van der Waals surface area contributed by atoms with E-state index in [1.807, 2.05) is 17.5 Å². The summed E-state index contributed by atoms with van der Waals surface area (Å²) < 4.78 is 51.8. The summed E-state index contributed by atoms with van der Waals surface area (Å²) in [5, 5.41) is 1.91. The Morgan fingerprint density at radius 1 is 1.15 bits per heavy atom. The van der Waals surface area contributed by atoms with E-state index in [1.165, 1.54) is 12.1 Å². The maximum absolute atomic E-state index is 13.9. The van der Waals surface area contributed by atoms with Crippen molar-refractivity contribution in [3.05, 3.63) is 57.5 Å². The third kappa shape index (κ3) is 3.37. The van der Waals surface area contributed by atoms with Crippen molar-refractivity contribution in [1.82, 2.24) is 0 Å². The highest BCUT2D eigenvalue weighted by molar-refractivity contribution is 7.09. The van der Waals surface area contributed by atoms with E-state index < -0.39 is 23.6 Å². The van der Waals surface area contributed by atoms with E-state index in [0.29, 0.717) is 12.8 Å². The van der Waals surface area contributed by atoms with Gasteiger partial charge in [0.2, 0.25) is 0 Å². The minimum atomic E-state index is -4.70. The zero-order chi connectivity index (χ0) is 14.8. The fourth-order valence-electron chi connectivity index (χ4n) is 1.96. The summed E-state index contributed by atoms with van der Waals surface area (Å²) in [6.45, 7) is 0. The monoisotopic (exact) mass is 303 g/mol. The minimum Gasteiger partial charge on any atom is -0.324 e. The van der Waals surface area contributed by atoms with Gasteiger partial charge in [-0.05, 0) is 30.4 Å². The molecule has 6 heteroatoms. The highest BCUT2D eigenvalue weighted by atomic mass is 32.1. The molecule has 0 amide bonds. The summed E-state index contributed by atoms with van der Waals surface area (Å²) in [4.78, 5) is 1.08. The Bertz CT molecular complexity index is 563. The molecule has 1 aromatic carbocycles. The van der Waals surface area contributed by atoms with Gasteiger partial charge in [-0.15, -0.1) is 11.3 Å². The first-order valence-electron chi connectivity index (χ1n) is 6.03. The summed E-state index contributed by atoms with van der Waals surface area (Å²) in [5.74, 6) is -1.27. The molecule has 0 spiro atoms. The topological polar surface area (TPSA) is 26.0 Å². The summed E-state index contributed by atoms with van der Waals surface area (Å²) in [5.41, 5.74) is 4.47. The van der Waals surface area contributed by atoms with E-state index in [4.69, 9.17) is 5.73 Å². The number of thiophene rings is 1. The molecule has 0 bridgehead atoms. The van der Waals surface area contributed by atoms with Crippen LogP contribution in [0.2, 0.25) is 0 Å². The molecule has 2 rings (SSSR count). The molecule has 0 aliphatic heterocycles. The first-order chi connectivity index (χ1) is 9.39. The van der Waals surface area contributed by atoms with E-state index in [1.54, 1.807) is 11.3 Å². The Kier molecular flexibility index (Phi) is 4.45. The van der Waals surface area contributed by atoms with Crippen LogP contribution in [0.1, 0.15) is 28.5 Å². The van der Waals surface area contributed by atoms with Gasteiger partial charge in [0.25, 0.3) is 0 Å². The molecule has 2 N–H and O–H groups in total. The van der Waals surface area contributed by atoms with Crippen molar-refractivity contribution < 1.29 is 17.6 Å². The molecule has 1 unspecified atom stereocenters. The molecule has 108 valence electrons. The SMILES string of the molecule is NC(CCc1cccs1)c1cccc(C(F)(F)F)c1F. The van der Waals surface area contributed by atoms with Crippen molar-refractivity contribution in [3.63, 3.8) is 0 Å². The van der Waals surface area contributed by atoms with Crippen molar-refractivity contribution in [3.8, 4) is 0 Å². The number of hydrogen-bond donors (Lipinski definition) is 1. The van der Waals surface area contributed by atoms with Crippen LogP contribution in [0.4, 0.5) is 17.6 Å². The Labute approximate surface area is 118 Å². The highest BCUT2D eigenvalue weighted by Gasteiger charge is 2.35. The molecule has 0 saturated heterocycles. The lowest BCUT2D eigenvalue weighted by atomic mass is 9.99. The smallest absolute Gasteiger partial charge is 0.324 e. The van der Waals surface area contributed by atoms with Crippen LogP contribution in [0, 0.1) is 5.82 Å². The molecular weight excluding hydrogens is 290 g/mol. The van der Waals surface area contributed by atoms with E-state index >= 15 is 0 Å². The average molecular weight is 303 g/mol. The number of nitrogens with two attached hydrogens (primary N) is 1. The van der Waals surface area contributed by atoms with E-state index in [9.17, 15) is 17.6 Å². The van der Waals surface area contributed by atoms with Gasteiger partial charge in [-0.3, -0.25) is 0 Å². The second-order valence-electron chi connectivity index (χ2n) is 4.43. The average Bonchev–Trinajstić information content (AvgIpc) is 2.88. The van der Waals surface area contributed by atoms with Gasteiger partial charge in [-0.1, -0.05) is 18.2 Å². The molecule has 0 aliphatic rings. The number of halogens is 4. The van der Waals surface area contributed by atoms with Crippen molar-refractivity contribution in [2.24, 2.45) is 5.73 Å². The molecule has 0 saturated carbocycles. The summed E-state index contributed by atoms with van der Waals surface area (Å²) in [7, 11) is 0. The van der Waals surface area contributed by atoms with Gasteiger partial charge in [0, 0.05) is 16.5 Å². The lowest BCUT2D eigenvalue weighted by Gasteiger charge is -2.16. The Balaban J connectivity index is 2.15. The summed E-state index contributed by atoms with van der Waals surface area (Å²) >= 11 is 1.54. The number of alkyl halides is 3. The largest absolute Gasteiger partial charge is 0.419 e. The van der Waals surface area contributed by atoms with Crippen molar-refractivity contribution in [2.75, 3.05) is 0 Å². The number of benzene rings is 1. The second kappa shape index (κ2) is 5.93. The fourth-order valence-corrected chi connectivity index (χ4v) is 2.69. The standard InChI is InChI=1S/C14H13F4NS/c15-13-10(4-1-5-11(13)14(16,17)18)12(19)7-6-9-3-2-8-20-9/h1-5,8,12H,6-7,19H2. The highest BCUT2D eigenvalue weighted by Crippen LogP contribution is 2.34. The molecule has 0 radical (unpaired) electrons. The number of rotatable bonds is 4. The quantitative estimate of drug-likeness (QED) is 0.825. The van der Waals surface area contributed by atoms with Gasteiger partial charge in [0.1, 0.15) is 5.82 Å². The zero-order valence-corrected chi connectivity index (χ0v) is 11.3. The van der Waals surface area contributed by atoms with Gasteiger partial charge in [-0.2, -0.15) is 13.2 Å². The van der Waals surface area contributed by atoms with E-state index in [-0.39, 0.29) is 5.56 Å². The molecule has 2 aromatic rings. The molecule has 0 aliphatic carbocycles. The van der Waals surface area contributed by atoms with Crippen LogP contribution in [-0.4, -0.2) is 0 Å². The molecule has 20 heavy (non-hydrogen) atoms. The third-order valence-corrected chi connectivity index (χ3v) is 3.95. The molecule has 1 nitrogen and oxygen atoms in total. The Morgan fingerprint density at radius 3 is 2.50 bits per heavy atom. The predicted molar refractivity (Wildman–Crippen MR) is 71.0 cm³/mol. The lowest BCUT2D eigenvalue weighted by molar-refractivity contribution is -0.140. The van der Waals surface area contributed by atoms with Gasteiger partial charge >= 0.3 is 6.18 Å². The molecule has 0 fully saturated rings. The maximum atomic E-state index is 13.9. The van der Waals surface area contributed by atoms with E-state index in [0.717, 1.165) is 10.9 Å². The first-order valence-corrected chi connectivity index (χ1v) is 6.91. The molecule has 1 aromatic heterocycles. The predicted octanol–water partition coefficient (Wildman–Crippen LogP) is 4.54. The molecule has 1 heterocycles. The number of hydrogen-bond acceptors (Lipinski definition) is 2. The second-order valence-corrected chi connectivity index (χ2v) is 5.46. The molecule has 1 atom stereocenters. The van der Waals surface area contributed by atoms with Crippen LogP contribution >= 0.6 is 11.3 Å². The maximum Gasteiger partial charge on any atom is 0.419 e. The van der Waals surface area contributed by atoms with Crippen LogP contribution in [0.5, 0.6) is 0 Å². The zero-order valence-electron chi connectivity index (χ0n) is 10.5. The third-order valence-electron chi connectivity index (χ3n) is 3.02. The summed E-state index contributed by atoms with van der Waals surface area (Å²) in [6.07, 6.45) is -3.68. The minimum absolute atomic E-state index is 0.0867. The summed E-state index contributed by atoms with van der Waals surface area (Å²) in [6, 6.07) is 6.27. The lowest BCUT2D eigenvalue weighted by Crippen LogP contribution is -2.16. The van der Waals surface area contributed by atoms with Gasteiger partial charge in [0.15, 0.2) is 0 Å². The van der Waals surface area contributed by atoms with Crippen molar-refractivity contribution in [1.29, 1.82) is 0 Å². The van der Waals surface area contributed by atoms with Crippen LogP contribution < -0.4 is 5.73 Å².